The molecule has 0 N–H and O–H groups in total. The highest BCUT2D eigenvalue weighted by Gasteiger charge is 2.32. The van der Waals surface area contributed by atoms with Crippen LogP contribution in [0.2, 0.25) is 0 Å². The van der Waals surface area contributed by atoms with Crippen LogP contribution in [0.1, 0.15) is 23.2 Å². The van der Waals surface area contributed by atoms with Crippen molar-refractivity contribution in [1.29, 1.82) is 0 Å². The van der Waals surface area contributed by atoms with Gasteiger partial charge >= 0.3 is 0 Å². The summed E-state index contributed by atoms with van der Waals surface area (Å²) >= 11 is 1.58. The fourth-order valence-electron chi connectivity index (χ4n) is 2.56. The standard InChI is InChI=1S/C17H20N2O2S/c1-3-13-6-4-5-7-16(13)21-15-9-19(10-15)17(20)8-14-11-22-12(2)18-14/h4-7,11,15H,3,8-10H2,1-2H3. The Kier molecular flexibility index (Phi) is 4.43. The summed E-state index contributed by atoms with van der Waals surface area (Å²) in [6.07, 6.45) is 1.45. The summed E-state index contributed by atoms with van der Waals surface area (Å²) in [5, 5.41) is 2.96. The molecule has 1 aliphatic rings. The number of likely N-dealkylation sites (tertiary alicyclic amines) is 1. The Morgan fingerprint density at radius 2 is 2.18 bits per heavy atom. The summed E-state index contributed by atoms with van der Waals surface area (Å²) in [5.74, 6) is 1.08. The average molecular weight is 316 g/mol. The van der Waals surface area contributed by atoms with Crippen LogP contribution in [0.4, 0.5) is 0 Å². The number of aryl methyl sites for hydroxylation is 2. The Hall–Kier alpha value is -1.88. The van der Waals surface area contributed by atoms with E-state index in [2.05, 4.69) is 18.0 Å². The third kappa shape index (κ3) is 3.30. The van der Waals surface area contributed by atoms with Gasteiger partial charge in [-0.1, -0.05) is 25.1 Å². The zero-order valence-corrected chi connectivity index (χ0v) is 13.7. The van der Waals surface area contributed by atoms with Crippen molar-refractivity contribution in [3.8, 4) is 5.75 Å². The number of nitrogens with zero attached hydrogens (tertiary/aromatic N) is 2. The monoisotopic (exact) mass is 316 g/mol. The maximum absolute atomic E-state index is 12.2. The summed E-state index contributed by atoms with van der Waals surface area (Å²) < 4.78 is 6.00. The van der Waals surface area contributed by atoms with E-state index >= 15 is 0 Å². The number of hydrogen-bond donors (Lipinski definition) is 0. The molecule has 0 unspecified atom stereocenters. The highest BCUT2D eigenvalue weighted by Crippen LogP contribution is 2.23. The van der Waals surface area contributed by atoms with Crippen LogP contribution >= 0.6 is 11.3 Å². The lowest BCUT2D eigenvalue weighted by Gasteiger charge is -2.39. The van der Waals surface area contributed by atoms with Crippen molar-refractivity contribution in [2.45, 2.75) is 32.8 Å². The van der Waals surface area contributed by atoms with E-state index in [1.807, 2.05) is 35.4 Å². The van der Waals surface area contributed by atoms with Gasteiger partial charge in [0.25, 0.3) is 0 Å². The van der Waals surface area contributed by atoms with Crippen LogP contribution in [0.5, 0.6) is 5.75 Å². The van der Waals surface area contributed by atoms with Gasteiger partial charge in [0.1, 0.15) is 11.9 Å². The third-order valence-electron chi connectivity index (χ3n) is 3.85. The molecule has 2 aromatic rings. The quantitative estimate of drug-likeness (QED) is 0.852. The molecule has 0 radical (unpaired) electrons. The van der Waals surface area contributed by atoms with Crippen LogP contribution in [0.3, 0.4) is 0 Å². The SMILES string of the molecule is CCc1ccccc1OC1CN(C(=O)Cc2csc(C)n2)C1. The topological polar surface area (TPSA) is 42.4 Å². The molecule has 4 nitrogen and oxygen atoms in total. The maximum Gasteiger partial charge on any atom is 0.228 e. The molecule has 0 atom stereocenters. The Bertz CT molecular complexity index is 662. The fourth-order valence-corrected chi connectivity index (χ4v) is 3.18. The number of para-hydroxylation sites is 1. The summed E-state index contributed by atoms with van der Waals surface area (Å²) in [6.45, 7) is 5.41. The van der Waals surface area contributed by atoms with Gasteiger partial charge in [0.15, 0.2) is 0 Å². The van der Waals surface area contributed by atoms with E-state index in [1.165, 1.54) is 5.56 Å². The van der Waals surface area contributed by atoms with Gasteiger partial charge in [0.05, 0.1) is 30.2 Å². The lowest BCUT2D eigenvalue weighted by atomic mass is 10.1. The first-order valence-electron chi connectivity index (χ1n) is 7.59. The smallest absolute Gasteiger partial charge is 0.228 e. The van der Waals surface area contributed by atoms with Crippen molar-refractivity contribution in [3.05, 3.63) is 45.9 Å². The molecule has 1 amide bonds. The lowest BCUT2D eigenvalue weighted by Crippen LogP contribution is -2.56. The predicted octanol–water partition coefficient (Wildman–Crippen LogP) is 2.85. The lowest BCUT2D eigenvalue weighted by molar-refractivity contribution is -0.139. The van der Waals surface area contributed by atoms with E-state index in [1.54, 1.807) is 11.3 Å². The van der Waals surface area contributed by atoms with Gasteiger partial charge in [-0.2, -0.15) is 0 Å². The molecule has 1 saturated heterocycles. The van der Waals surface area contributed by atoms with Crippen molar-refractivity contribution < 1.29 is 9.53 Å². The molecular weight excluding hydrogens is 296 g/mol. The summed E-state index contributed by atoms with van der Waals surface area (Å²) in [6, 6.07) is 8.10. The molecule has 0 aliphatic carbocycles. The number of thiazole rings is 1. The summed E-state index contributed by atoms with van der Waals surface area (Å²) in [7, 11) is 0. The van der Waals surface area contributed by atoms with Crippen molar-refractivity contribution in [2.75, 3.05) is 13.1 Å². The number of benzene rings is 1. The summed E-state index contributed by atoms with van der Waals surface area (Å²) in [4.78, 5) is 18.3. The molecule has 3 rings (SSSR count). The van der Waals surface area contributed by atoms with E-state index in [-0.39, 0.29) is 12.0 Å². The molecule has 0 spiro atoms. The van der Waals surface area contributed by atoms with Gasteiger partial charge < -0.3 is 9.64 Å². The van der Waals surface area contributed by atoms with E-state index in [9.17, 15) is 4.79 Å². The number of rotatable bonds is 5. The highest BCUT2D eigenvalue weighted by atomic mass is 32.1. The Morgan fingerprint density at radius 3 is 2.86 bits per heavy atom. The zero-order chi connectivity index (χ0) is 15.5. The van der Waals surface area contributed by atoms with Crippen LogP contribution in [-0.4, -0.2) is 35.0 Å². The normalized spacial score (nSPS) is 14.7. The Balaban J connectivity index is 1.50. The molecule has 1 aromatic heterocycles. The van der Waals surface area contributed by atoms with Gasteiger partial charge in [-0.3, -0.25) is 4.79 Å². The van der Waals surface area contributed by atoms with Gasteiger partial charge in [0, 0.05) is 5.38 Å². The molecule has 1 aliphatic heterocycles. The second-order valence-corrected chi connectivity index (χ2v) is 6.60. The first-order chi connectivity index (χ1) is 10.7. The molecule has 0 bridgehead atoms. The van der Waals surface area contributed by atoms with E-state index in [0.29, 0.717) is 19.5 Å². The molecule has 1 fully saturated rings. The van der Waals surface area contributed by atoms with Crippen LogP contribution < -0.4 is 4.74 Å². The van der Waals surface area contributed by atoms with E-state index < -0.39 is 0 Å². The second kappa shape index (κ2) is 6.48. The molecule has 116 valence electrons. The van der Waals surface area contributed by atoms with Crippen molar-refractivity contribution >= 4 is 17.2 Å². The number of ether oxygens (including phenoxy) is 1. The van der Waals surface area contributed by atoms with Crippen LogP contribution in [-0.2, 0) is 17.6 Å². The van der Waals surface area contributed by atoms with Crippen molar-refractivity contribution in [3.63, 3.8) is 0 Å². The van der Waals surface area contributed by atoms with Gasteiger partial charge in [-0.25, -0.2) is 4.98 Å². The van der Waals surface area contributed by atoms with Crippen LogP contribution in [0.15, 0.2) is 29.6 Å². The molecular formula is C17H20N2O2S. The molecule has 2 heterocycles. The minimum atomic E-state index is 0.105. The summed E-state index contributed by atoms with van der Waals surface area (Å²) in [5.41, 5.74) is 2.08. The molecule has 1 aromatic carbocycles. The van der Waals surface area contributed by atoms with Crippen molar-refractivity contribution in [1.82, 2.24) is 9.88 Å². The minimum absolute atomic E-state index is 0.105. The Labute approximate surface area is 134 Å². The number of amides is 1. The van der Waals surface area contributed by atoms with E-state index in [4.69, 9.17) is 4.74 Å². The number of aromatic nitrogens is 1. The van der Waals surface area contributed by atoms with Crippen LogP contribution in [0, 0.1) is 6.92 Å². The number of carbonyl (C=O) groups is 1. The zero-order valence-electron chi connectivity index (χ0n) is 12.9. The first-order valence-corrected chi connectivity index (χ1v) is 8.47. The largest absolute Gasteiger partial charge is 0.486 e. The average Bonchev–Trinajstić information content (AvgIpc) is 2.87. The molecule has 0 saturated carbocycles. The maximum atomic E-state index is 12.2. The molecule has 5 heteroatoms. The van der Waals surface area contributed by atoms with E-state index in [0.717, 1.165) is 22.9 Å². The van der Waals surface area contributed by atoms with Gasteiger partial charge in [-0.15, -0.1) is 11.3 Å². The van der Waals surface area contributed by atoms with Crippen LogP contribution in [0.25, 0.3) is 0 Å². The highest BCUT2D eigenvalue weighted by molar-refractivity contribution is 7.09. The minimum Gasteiger partial charge on any atom is -0.486 e. The third-order valence-corrected chi connectivity index (χ3v) is 4.67. The second-order valence-electron chi connectivity index (χ2n) is 5.53. The number of hydrogen-bond acceptors (Lipinski definition) is 4. The van der Waals surface area contributed by atoms with Gasteiger partial charge in [-0.05, 0) is 25.0 Å². The van der Waals surface area contributed by atoms with Crippen molar-refractivity contribution in [2.24, 2.45) is 0 Å². The van der Waals surface area contributed by atoms with Gasteiger partial charge in [0.2, 0.25) is 5.91 Å². The number of carbonyl (C=O) groups excluding carboxylic acids is 1. The predicted molar refractivity (Wildman–Crippen MR) is 87.4 cm³/mol. The Morgan fingerprint density at radius 1 is 1.41 bits per heavy atom. The first kappa shape index (κ1) is 15.0. The fraction of sp³-hybridized carbons (Fsp3) is 0.412. The molecule has 22 heavy (non-hydrogen) atoms.